The van der Waals surface area contributed by atoms with Gasteiger partial charge in [0, 0.05) is 25.1 Å². The highest BCUT2D eigenvalue weighted by Gasteiger charge is 2.31. The highest BCUT2D eigenvalue weighted by molar-refractivity contribution is 8.13. The molecule has 5 nitrogen and oxygen atoms in total. The van der Waals surface area contributed by atoms with Gasteiger partial charge in [0.15, 0.2) is 5.12 Å². The molecule has 0 aromatic carbocycles. The van der Waals surface area contributed by atoms with Crippen LogP contribution in [0.4, 0.5) is 0 Å². The molecule has 1 N–H and O–H groups in total. The van der Waals surface area contributed by atoms with Crippen LogP contribution < -0.4 is 0 Å². The van der Waals surface area contributed by atoms with Crippen LogP contribution in [0.1, 0.15) is 45.4 Å². The van der Waals surface area contributed by atoms with Crippen molar-refractivity contribution in [1.29, 1.82) is 0 Å². The third kappa shape index (κ3) is 5.22. The van der Waals surface area contributed by atoms with Gasteiger partial charge in [0.2, 0.25) is 5.91 Å². The van der Waals surface area contributed by atoms with Crippen LogP contribution in [0.2, 0.25) is 0 Å². The minimum Gasteiger partial charge on any atom is -0.480 e. The van der Waals surface area contributed by atoms with Gasteiger partial charge >= 0.3 is 5.97 Å². The van der Waals surface area contributed by atoms with E-state index in [1.165, 1.54) is 16.7 Å². The van der Waals surface area contributed by atoms with Crippen LogP contribution in [0.3, 0.4) is 0 Å². The molecule has 1 amide bonds. The third-order valence-corrected chi connectivity index (χ3v) is 4.08. The predicted octanol–water partition coefficient (Wildman–Crippen LogP) is 1.90. The van der Waals surface area contributed by atoms with Crippen LogP contribution in [0, 0.1) is 0 Å². The van der Waals surface area contributed by atoms with Crippen LogP contribution in [0.25, 0.3) is 0 Å². The standard InChI is InChI=1S/C13H21NO4S/c1-2-5-12(16)19-9-7-11(15)14-8-4-3-6-10(14)13(17)18/h10H,2-9H2,1H3,(H,17,18). The second-order valence-corrected chi connectivity index (χ2v) is 5.81. The molecule has 0 aromatic rings. The van der Waals surface area contributed by atoms with E-state index in [1.807, 2.05) is 6.92 Å². The van der Waals surface area contributed by atoms with Crippen molar-refractivity contribution in [1.82, 2.24) is 4.90 Å². The van der Waals surface area contributed by atoms with Gasteiger partial charge in [-0.2, -0.15) is 0 Å². The van der Waals surface area contributed by atoms with E-state index in [4.69, 9.17) is 5.11 Å². The number of carbonyl (C=O) groups excluding carboxylic acids is 2. The minimum atomic E-state index is -0.928. The Hall–Kier alpha value is -1.04. The van der Waals surface area contributed by atoms with E-state index in [1.54, 1.807) is 0 Å². The highest BCUT2D eigenvalue weighted by Crippen LogP contribution is 2.19. The molecular weight excluding hydrogens is 266 g/mol. The lowest BCUT2D eigenvalue weighted by atomic mass is 10.0. The number of carboxylic acid groups (broad SMARTS) is 1. The monoisotopic (exact) mass is 287 g/mol. The van der Waals surface area contributed by atoms with Crippen molar-refractivity contribution < 1.29 is 19.5 Å². The number of carbonyl (C=O) groups is 3. The maximum absolute atomic E-state index is 12.0. The molecule has 1 aliphatic heterocycles. The molecular formula is C13H21NO4S. The molecule has 1 atom stereocenters. The van der Waals surface area contributed by atoms with Crippen LogP contribution in [-0.4, -0.2) is 45.3 Å². The number of piperidine rings is 1. The van der Waals surface area contributed by atoms with Crippen molar-refractivity contribution in [2.24, 2.45) is 0 Å². The third-order valence-electron chi connectivity index (χ3n) is 3.14. The molecule has 1 rings (SSSR count). The van der Waals surface area contributed by atoms with Gasteiger partial charge in [-0.3, -0.25) is 9.59 Å². The summed E-state index contributed by atoms with van der Waals surface area (Å²) in [7, 11) is 0. The van der Waals surface area contributed by atoms with Crippen LogP contribution in [0.15, 0.2) is 0 Å². The lowest BCUT2D eigenvalue weighted by molar-refractivity contribution is -0.151. The minimum absolute atomic E-state index is 0.101. The summed E-state index contributed by atoms with van der Waals surface area (Å²) in [5.41, 5.74) is 0. The maximum atomic E-state index is 12.0. The number of hydrogen-bond donors (Lipinski definition) is 1. The largest absolute Gasteiger partial charge is 0.480 e. The topological polar surface area (TPSA) is 74.7 Å². The molecule has 1 saturated heterocycles. The molecule has 0 aromatic heterocycles. The zero-order valence-electron chi connectivity index (χ0n) is 11.3. The van der Waals surface area contributed by atoms with E-state index in [0.29, 0.717) is 25.1 Å². The summed E-state index contributed by atoms with van der Waals surface area (Å²) in [5, 5.41) is 9.19. The van der Waals surface area contributed by atoms with E-state index < -0.39 is 12.0 Å². The SMILES string of the molecule is CCCC(=O)SCCC(=O)N1CCCCC1C(=O)O. The molecule has 0 bridgehead atoms. The molecule has 0 radical (unpaired) electrons. The number of likely N-dealkylation sites (tertiary alicyclic amines) is 1. The Labute approximate surface area is 117 Å². The Morgan fingerprint density at radius 3 is 2.63 bits per heavy atom. The molecule has 0 aliphatic carbocycles. The lowest BCUT2D eigenvalue weighted by Gasteiger charge is -2.33. The first-order chi connectivity index (χ1) is 9.06. The summed E-state index contributed by atoms with van der Waals surface area (Å²) in [6.07, 6.45) is 3.82. The second-order valence-electron chi connectivity index (χ2n) is 4.66. The first-order valence-electron chi connectivity index (χ1n) is 6.74. The number of aliphatic carboxylic acids is 1. The van der Waals surface area contributed by atoms with Gasteiger partial charge in [-0.1, -0.05) is 18.7 Å². The first kappa shape index (κ1) is 16.0. The van der Waals surface area contributed by atoms with E-state index in [-0.39, 0.29) is 17.4 Å². The number of nitrogens with zero attached hydrogens (tertiary/aromatic N) is 1. The van der Waals surface area contributed by atoms with Gasteiger partial charge in [0.25, 0.3) is 0 Å². The number of amides is 1. The second kappa shape index (κ2) is 8.19. The first-order valence-corrected chi connectivity index (χ1v) is 7.72. The zero-order valence-corrected chi connectivity index (χ0v) is 12.1. The number of carboxylic acids is 1. The molecule has 1 heterocycles. The van der Waals surface area contributed by atoms with Gasteiger partial charge in [0.05, 0.1) is 0 Å². The van der Waals surface area contributed by atoms with Crippen molar-refractivity contribution in [3.63, 3.8) is 0 Å². The Kier molecular flexibility index (Phi) is 6.91. The van der Waals surface area contributed by atoms with Gasteiger partial charge < -0.3 is 10.0 Å². The van der Waals surface area contributed by atoms with Gasteiger partial charge in [0.1, 0.15) is 6.04 Å². The summed E-state index contributed by atoms with van der Waals surface area (Å²) < 4.78 is 0. The predicted molar refractivity (Wildman–Crippen MR) is 74.0 cm³/mol. The quantitative estimate of drug-likeness (QED) is 0.807. The molecule has 1 aliphatic rings. The average Bonchev–Trinajstić information content (AvgIpc) is 2.38. The number of hydrogen-bond acceptors (Lipinski definition) is 4. The summed E-state index contributed by atoms with van der Waals surface area (Å²) in [5.74, 6) is -0.632. The van der Waals surface area contributed by atoms with E-state index >= 15 is 0 Å². The van der Waals surface area contributed by atoms with E-state index in [2.05, 4.69) is 0 Å². The van der Waals surface area contributed by atoms with Crippen molar-refractivity contribution in [2.45, 2.75) is 51.5 Å². The Balaban J connectivity index is 2.38. The molecule has 0 spiro atoms. The molecule has 108 valence electrons. The average molecular weight is 287 g/mol. The van der Waals surface area contributed by atoms with Gasteiger partial charge in [-0.05, 0) is 25.7 Å². The van der Waals surface area contributed by atoms with Crippen LogP contribution in [-0.2, 0) is 14.4 Å². The van der Waals surface area contributed by atoms with Crippen molar-refractivity contribution in [3.8, 4) is 0 Å². The highest BCUT2D eigenvalue weighted by atomic mass is 32.2. The van der Waals surface area contributed by atoms with Crippen molar-refractivity contribution in [3.05, 3.63) is 0 Å². The molecule has 0 saturated carbocycles. The molecule has 1 unspecified atom stereocenters. The Morgan fingerprint density at radius 2 is 2.00 bits per heavy atom. The Bertz CT molecular complexity index is 346. The normalized spacial score (nSPS) is 19.2. The van der Waals surface area contributed by atoms with Gasteiger partial charge in [-0.25, -0.2) is 4.79 Å². The maximum Gasteiger partial charge on any atom is 0.326 e. The number of rotatable bonds is 6. The molecule has 1 fully saturated rings. The summed E-state index contributed by atoms with van der Waals surface area (Å²) in [4.78, 5) is 35.8. The number of thioether (sulfide) groups is 1. The Morgan fingerprint density at radius 1 is 1.26 bits per heavy atom. The lowest BCUT2D eigenvalue weighted by Crippen LogP contribution is -2.48. The summed E-state index contributed by atoms with van der Waals surface area (Å²) >= 11 is 1.17. The van der Waals surface area contributed by atoms with Crippen molar-refractivity contribution in [2.75, 3.05) is 12.3 Å². The van der Waals surface area contributed by atoms with E-state index in [0.717, 1.165) is 19.3 Å². The smallest absolute Gasteiger partial charge is 0.326 e. The van der Waals surface area contributed by atoms with E-state index in [9.17, 15) is 14.4 Å². The fourth-order valence-corrected chi connectivity index (χ4v) is 3.01. The fourth-order valence-electron chi connectivity index (χ4n) is 2.16. The summed E-state index contributed by atoms with van der Waals surface area (Å²) in [6, 6.07) is -0.683. The zero-order chi connectivity index (χ0) is 14.3. The molecule has 6 heteroatoms. The molecule has 19 heavy (non-hydrogen) atoms. The van der Waals surface area contributed by atoms with Crippen LogP contribution in [0.5, 0.6) is 0 Å². The van der Waals surface area contributed by atoms with Gasteiger partial charge in [-0.15, -0.1) is 0 Å². The van der Waals surface area contributed by atoms with Crippen molar-refractivity contribution >= 4 is 28.8 Å². The van der Waals surface area contributed by atoms with Crippen LogP contribution >= 0.6 is 11.8 Å². The summed E-state index contributed by atoms with van der Waals surface area (Å²) in [6.45, 7) is 2.46. The fraction of sp³-hybridized carbons (Fsp3) is 0.769.